The first kappa shape index (κ1) is 14.2. The molecule has 1 rings (SSSR count). The molecule has 0 saturated carbocycles. The second kappa shape index (κ2) is 5.69. The van der Waals surface area contributed by atoms with E-state index in [9.17, 15) is 4.79 Å². The fraction of sp³-hybridized carbons (Fsp3) is 0.667. The van der Waals surface area contributed by atoms with Crippen molar-refractivity contribution in [2.24, 2.45) is 5.41 Å². The average Bonchev–Trinajstić information content (AvgIpc) is 2.21. The zero-order valence-electron chi connectivity index (χ0n) is 11.6. The maximum Gasteiger partial charge on any atom is 0.155 e. The Morgan fingerprint density at radius 1 is 1.35 bits per heavy atom. The van der Waals surface area contributed by atoms with Crippen molar-refractivity contribution in [2.45, 2.75) is 58.3 Å². The number of hydrogen-bond donors (Lipinski definition) is 0. The summed E-state index contributed by atoms with van der Waals surface area (Å²) >= 11 is 0. The largest absolute Gasteiger partial charge is 0.295 e. The molecule has 0 spiro atoms. The van der Waals surface area contributed by atoms with Crippen LogP contribution in [0.5, 0.6) is 0 Å². The summed E-state index contributed by atoms with van der Waals surface area (Å²) in [5.41, 5.74) is 0.196. The maximum atomic E-state index is 11.1. The van der Waals surface area contributed by atoms with E-state index in [0.717, 1.165) is 25.3 Å². The third-order valence-corrected chi connectivity index (χ3v) is 4.42. The third kappa shape index (κ3) is 5.88. The Balaban J connectivity index is 2.36. The SMILES string of the molecule is CC1(CCC#CC[Si](C)(C)C)C=CC(=O)CC1. The van der Waals surface area contributed by atoms with Crippen LogP contribution in [-0.2, 0) is 4.79 Å². The van der Waals surface area contributed by atoms with Gasteiger partial charge in [-0.1, -0.05) is 32.6 Å². The molecule has 0 aromatic heterocycles. The van der Waals surface area contributed by atoms with Crippen LogP contribution in [0.4, 0.5) is 0 Å². The Labute approximate surface area is 107 Å². The van der Waals surface area contributed by atoms with Crippen molar-refractivity contribution in [2.75, 3.05) is 0 Å². The summed E-state index contributed by atoms with van der Waals surface area (Å²) in [5.74, 6) is 6.87. The van der Waals surface area contributed by atoms with E-state index in [0.29, 0.717) is 6.42 Å². The van der Waals surface area contributed by atoms with E-state index in [4.69, 9.17) is 0 Å². The van der Waals surface area contributed by atoms with Gasteiger partial charge >= 0.3 is 0 Å². The Bertz CT molecular complexity index is 365. The molecular formula is C15H24OSi. The molecule has 17 heavy (non-hydrogen) atoms. The zero-order valence-corrected chi connectivity index (χ0v) is 12.6. The molecule has 1 unspecified atom stereocenters. The first-order valence-electron chi connectivity index (χ1n) is 6.49. The van der Waals surface area contributed by atoms with Gasteiger partial charge in [-0.25, -0.2) is 0 Å². The molecule has 0 fully saturated rings. The monoisotopic (exact) mass is 248 g/mol. The predicted molar refractivity (Wildman–Crippen MR) is 76.7 cm³/mol. The molecule has 0 radical (unpaired) electrons. The molecule has 1 atom stereocenters. The van der Waals surface area contributed by atoms with E-state index in [2.05, 4.69) is 44.5 Å². The smallest absolute Gasteiger partial charge is 0.155 e. The van der Waals surface area contributed by atoms with Gasteiger partial charge in [-0.3, -0.25) is 4.79 Å². The molecule has 1 aliphatic carbocycles. The molecule has 2 heteroatoms. The van der Waals surface area contributed by atoms with Crippen molar-refractivity contribution >= 4 is 13.9 Å². The maximum absolute atomic E-state index is 11.1. The van der Waals surface area contributed by atoms with Crippen LogP contribution in [0.3, 0.4) is 0 Å². The second-order valence-electron chi connectivity index (χ2n) is 6.54. The summed E-state index contributed by atoms with van der Waals surface area (Å²) in [6, 6.07) is 1.10. The summed E-state index contributed by atoms with van der Waals surface area (Å²) in [4.78, 5) is 11.1. The number of carbonyl (C=O) groups excluding carboxylic acids is 1. The van der Waals surface area contributed by atoms with Crippen LogP contribution in [0.15, 0.2) is 12.2 Å². The molecule has 0 aliphatic heterocycles. The van der Waals surface area contributed by atoms with Crippen LogP contribution in [0.1, 0.15) is 32.6 Å². The summed E-state index contributed by atoms with van der Waals surface area (Å²) in [7, 11) is -1.01. The van der Waals surface area contributed by atoms with Crippen LogP contribution >= 0.6 is 0 Å². The van der Waals surface area contributed by atoms with Crippen molar-refractivity contribution in [3.63, 3.8) is 0 Å². The molecule has 0 amide bonds. The van der Waals surface area contributed by atoms with E-state index in [1.807, 2.05) is 0 Å². The Hall–Kier alpha value is -0.813. The van der Waals surface area contributed by atoms with Crippen molar-refractivity contribution in [1.29, 1.82) is 0 Å². The van der Waals surface area contributed by atoms with Crippen molar-refractivity contribution in [3.8, 4) is 11.8 Å². The van der Waals surface area contributed by atoms with Gasteiger partial charge in [0.2, 0.25) is 0 Å². The Morgan fingerprint density at radius 2 is 2.06 bits per heavy atom. The minimum absolute atomic E-state index is 0.196. The Kier molecular flexibility index (Phi) is 4.77. The fourth-order valence-corrected chi connectivity index (χ4v) is 2.50. The van der Waals surface area contributed by atoms with E-state index in [-0.39, 0.29) is 11.2 Å². The lowest BCUT2D eigenvalue weighted by Crippen LogP contribution is -2.19. The molecule has 0 heterocycles. The molecule has 0 saturated heterocycles. The third-order valence-electron chi connectivity index (χ3n) is 3.18. The van der Waals surface area contributed by atoms with E-state index in [1.54, 1.807) is 6.08 Å². The molecule has 94 valence electrons. The molecule has 0 N–H and O–H groups in total. The molecule has 0 bridgehead atoms. The summed E-state index contributed by atoms with van der Waals surface area (Å²) < 4.78 is 0. The van der Waals surface area contributed by atoms with Crippen LogP contribution in [0.25, 0.3) is 0 Å². The molecule has 0 aromatic rings. The van der Waals surface area contributed by atoms with Gasteiger partial charge in [-0.05, 0) is 24.3 Å². The fourth-order valence-electron chi connectivity index (χ4n) is 1.84. The van der Waals surface area contributed by atoms with Gasteiger partial charge in [0.25, 0.3) is 0 Å². The first-order chi connectivity index (χ1) is 7.81. The van der Waals surface area contributed by atoms with Crippen molar-refractivity contribution in [3.05, 3.63) is 12.2 Å². The van der Waals surface area contributed by atoms with Gasteiger partial charge < -0.3 is 0 Å². The van der Waals surface area contributed by atoms with Crippen molar-refractivity contribution < 1.29 is 4.79 Å². The second-order valence-corrected chi connectivity index (χ2v) is 12.0. The quantitative estimate of drug-likeness (QED) is 0.544. The number of hydrogen-bond acceptors (Lipinski definition) is 1. The highest BCUT2D eigenvalue weighted by molar-refractivity contribution is 6.76. The topological polar surface area (TPSA) is 17.1 Å². The minimum atomic E-state index is -1.01. The highest BCUT2D eigenvalue weighted by Gasteiger charge is 2.24. The van der Waals surface area contributed by atoms with E-state index in [1.165, 1.54) is 0 Å². The number of ketones is 1. The Morgan fingerprint density at radius 3 is 2.59 bits per heavy atom. The summed E-state index contributed by atoms with van der Waals surface area (Å²) in [6.45, 7) is 9.27. The van der Waals surface area contributed by atoms with Gasteiger partial charge in [0.05, 0.1) is 8.07 Å². The predicted octanol–water partition coefficient (Wildman–Crippen LogP) is 4.03. The van der Waals surface area contributed by atoms with Gasteiger partial charge in [-0.15, -0.1) is 11.8 Å². The normalized spacial score (nSPS) is 24.4. The van der Waals surface area contributed by atoms with Gasteiger partial charge in [-0.2, -0.15) is 0 Å². The summed E-state index contributed by atoms with van der Waals surface area (Å²) in [5, 5.41) is 0. The lowest BCUT2D eigenvalue weighted by Gasteiger charge is -2.27. The van der Waals surface area contributed by atoms with Crippen LogP contribution in [0.2, 0.25) is 25.7 Å². The number of allylic oxidation sites excluding steroid dienone is 2. The van der Waals surface area contributed by atoms with Crippen LogP contribution in [0, 0.1) is 17.3 Å². The van der Waals surface area contributed by atoms with E-state index >= 15 is 0 Å². The number of carbonyl (C=O) groups is 1. The average molecular weight is 248 g/mol. The van der Waals surface area contributed by atoms with Gasteiger partial charge in [0, 0.05) is 18.9 Å². The molecule has 1 nitrogen and oxygen atoms in total. The lowest BCUT2D eigenvalue weighted by molar-refractivity contribution is -0.115. The molecular weight excluding hydrogens is 224 g/mol. The van der Waals surface area contributed by atoms with Gasteiger partial charge in [0.15, 0.2) is 5.78 Å². The standard InChI is InChI=1S/C15H24OSi/c1-15(11-8-14(16)9-12-15)10-6-5-7-13-17(2,3)4/h8,11H,6,9-10,12-13H2,1-4H3. The molecule has 0 aromatic carbocycles. The van der Waals surface area contributed by atoms with Crippen LogP contribution in [-0.4, -0.2) is 13.9 Å². The lowest BCUT2D eigenvalue weighted by atomic mass is 9.77. The highest BCUT2D eigenvalue weighted by Crippen LogP contribution is 2.33. The minimum Gasteiger partial charge on any atom is -0.295 e. The van der Waals surface area contributed by atoms with Crippen LogP contribution < -0.4 is 0 Å². The molecule has 1 aliphatic rings. The number of rotatable bonds is 3. The highest BCUT2D eigenvalue weighted by atomic mass is 28.3. The zero-order chi connectivity index (χ0) is 12.9. The van der Waals surface area contributed by atoms with Gasteiger partial charge in [0.1, 0.15) is 0 Å². The van der Waals surface area contributed by atoms with Crippen molar-refractivity contribution in [1.82, 2.24) is 0 Å². The summed E-state index contributed by atoms with van der Waals surface area (Å²) in [6.07, 6.45) is 7.56. The first-order valence-corrected chi connectivity index (χ1v) is 10.2. The van der Waals surface area contributed by atoms with E-state index < -0.39 is 8.07 Å².